The molecule has 0 radical (unpaired) electrons. The first-order chi connectivity index (χ1) is 9.24. The van der Waals surface area contributed by atoms with E-state index in [0.717, 1.165) is 41.1 Å². The van der Waals surface area contributed by atoms with Crippen LogP contribution in [-0.4, -0.2) is 24.7 Å². The first-order valence-electron chi connectivity index (χ1n) is 6.20. The molecule has 98 valence electrons. The van der Waals surface area contributed by atoms with Crippen molar-refractivity contribution in [3.05, 3.63) is 41.7 Å². The van der Waals surface area contributed by atoms with Crippen molar-refractivity contribution in [2.24, 2.45) is 7.05 Å². The third kappa shape index (κ3) is 2.34. The van der Waals surface area contributed by atoms with Gasteiger partial charge in [0.2, 0.25) is 0 Å². The van der Waals surface area contributed by atoms with Gasteiger partial charge >= 0.3 is 0 Å². The number of nitrogens with one attached hydrogen (secondary N) is 2. The van der Waals surface area contributed by atoms with Crippen LogP contribution in [-0.2, 0) is 20.1 Å². The molecule has 0 atom stereocenters. The molecule has 0 aliphatic heterocycles. The number of aromatic nitrogens is 5. The van der Waals surface area contributed by atoms with Crippen molar-refractivity contribution in [2.45, 2.75) is 20.0 Å². The van der Waals surface area contributed by atoms with Gasteiger partial charge in [-0.15, -0.1) is 0 Å². The molecule has 0 saturated heterocycles. The van der Waals surface area contributed by atoms with Crippen molar-refractivity contribution in [3.8, 4) is 0 Å². The number of rotatable bonds is 4. The highest BCUT2D eigenvalue weighted by Gasteiger charge is 2.06. The Morgan fingerprint density at radius 3 is 3.00 bits per heavy atom. The normalized spacial score (nSPS) is 11.3. The third-order valence-corrected chi connectivity index (χ3v) is 3.12. The quantitative estimate of drug-likeness (QED) is 0.738. The van der Waals surface area contributed by atoms with Gasteiger partial charge in [0.05, 0.1) is 12.0 Å². The van der Waals surface area contributed by atoms with E-state index in [1.165, 1.54) is 0 Å². The molecule has 6 nitrogen and oxygen atoms in total. The van der Waals surface area contributed by atoms with Gasteiger partial charge in [-0.05, 0) is 18.6 Å². The first-order valence-corrected chi connectivity index (χ1v) is 6.20. The van der Waals surface area contributed by atoms with E-state index < -0.39 is 0 Å². The van der Waals surface area contributed by atoms with Gasteiger partial charge in [-0.2, -0.15) is 5.10 Å². The van der Waals surface area contributed by atoms with Crippen molar-refractivity contribution in [3.63, 3.8) is 0 Å². The second-order valence-corrected chi connectivity index (χ2v) is 4.60. The SMILES string of the molecule is Cc1nn(C)c2ncc(CNCc3cnc[nH]3)cc12. The Bertz CT molecular complexity index is 683. The Labute approximate surface area is 110 Å². The summed E-state index contributed by atoms with van der Waals surface area (Å²) in [4.78, 5) is 11.5. The summed E-state index contributed by atoms with van der Waals surface area (Å²) >= 11 is 0. The molecule has 0 fully saturated rings. The number of aromatic amines is 1. The van der Waals surface area contributed by atoms with Crippen LogP contribution < -0.4 is 5.32 Å². The standard InChI is InChI=1S/C13H16N6/c1-9-12-3-10(5-16-13(12)19(2)18-9)4-14-6-11-7-15-8-17-11/h3,5,7-8,14H,4,6H2,1-2H3,(H,15,17). The monoisotopic (exact) mass is 256 g/mol. The maximum Gasteiger partial charge on any atom is 0.157 e. The molecule has 0 amide bonds. The van der Waals surface area contributed by atoms with Crippen LogP contribution in [0.25, 0.3) is 11.0 Å². The Morgan fingerprint density at radius 2 is 2.21 bits per heavy atom. The van der Waals surface area contributed by atoms with E-state index in [4.69, 9.17) is 0 Å². The second-order valence-electron chi connectivity index (χ2n) is 4.60. The molecule has 19 heavy (non-hydrogen) atoms. The maximum absolute atomic E-state index is 4.46. The molecule has 0 aromatic carbocycles. The zero-order valence-corrected chi connectivity index (χ0v) is 11.0. The molecule has 0 bridgehead atoms. The van der Waals surface area contributed by atoms with E-state index in [0.29, 0.717) is 0 Å². The zero-order valence-electron chi connectivity index (χ0n) is 11.0. The van der Waals surface area contributed by atoms with Crippen molar-refractivity contribution >= 4 is 11.0 Å². The summed E-state index contributed by atoms with van der Waals surface area (Å²) in [6.07, 6.45) is 5.40. The Hall–Kier alpha value is -2.21. The topological polar surface area (TPSA) is 71.4 Å². The zero-order chi connectivity index (χ0) is 13.2. The average molecular weight is 256 g/mol. The fraction of sp³-hybridized carbons (Fsp3) is 0.308. The van der Waals surface area contributed by atoms with E-state index in [1.54, 1.807) is 6.33 Å². The van der Waals surface area contributed by atoms with Crippen LogP contribution in [0.1, 0.15) is 17.0 Å². The van der Waals surface area contributed by atoms with Crippen LogP contribution in [0, 0.1) is 6.92 Å². The number of aryl methyl sites for hydroxylation is 2. The first kappa shape index (κ1) is 11.9. The predicted octanol–water partition coefficient (Wildman–Crippen LogP) is 1.29. The minimum Gasteiger partial charge on any atom is -0.347 e. The van der Waals surface area contributed by atoms with Crippen LogP contribution in [0.15, 0.2) is 24.8 Å². The van der Waals surface area contributed by atoms with Gasteiger partial charge in [0.25, 0.3) is 0 Å². The van der Waals surface area contributed by atoms with Gasteiger partial charge in [-0.3, -0.25) is 4.68 Å². The van der Waals surface area contributed by atoms with Crippen LogP contribution in [0.3, 0.4) is 0 Å². The van der Waals surface area contributed by atoms with E-state index in [9.17, 15) is 0 Å². The molecule has 0 aliphatic carbocycles. The summed E-state index contributed by atoms with van der Waals surface area (Å²) in [5.41, 5.74) is 4.17. The summed E-state index contributed by atoms with van der Waals surface area (Å²) in [6.45, 7) is 3.55. The van der Waals surface area contributed by atoms with Crippen LogP contribution >= 0.6 is 0 Å². The lowest BCUT2D eigenvalue weighted by Gasteiger charge is -2.03. The largest absolute Gasteiger partial charge is 0.347 e. The number of hydrogen-bond acceptors (Lipinski definition) is 4. The fourth-order valence-corrected chi connectivity index (χ4v) is 2.17. The molecule has 0 unspecified atom stereocenters. The minimum atomic E-state index is 0.768. The number of hydrogen-bond donors (Lipinski definition) is 2. The molecule has 0 saturated carbocycles. The lowest BCUT2D eigenvalue weighted by Crippen LogP contribution is -2.13. The lowest BCUT2D eigenvalue weighted by molar-refractivity contribution is 0.681. The summed E-state index contributed by atoms with van der Waals surface area (Å²) < 4.78 is 1.81. The van der Waals surface area contributed by atoms with E-state index >= 15 is 0 Å². The summed E-state index contributed by atoms with van der Waals surface area (Å²) in [6, 6.07) is 2.14. The van der Waals surface area contributed by atoms with Crippen molar-refractivity contribution < 1.29 is 0 Å². The molecule has 3 heterocycles. The van der Waals surface area contributed by atoms with Crippen molar-refractivity contribution in [1.82, 2.24) is 30.0 Å². The molecule has 0 aliphatic rings. The smallest absolute Gasteiger partial charge is 0.157 e. The molecule has 3 aromatic heterocycles. The maximum atomic E-state index is 4.46. The van der Waals surface area contributed by atoms with Gasteiger partial charge < -0.3 is 10.3 Å². The predicted molar refractivity (Wildman–Crippen MR) is 72.4 cm³/mol. The number of pyridine rings is 1. The Morgan fingerprint density at radius 1 is 1.32 bits per heavy atom. The van der Waals surface area contributed by atoms with Gasteiger partial charge in [-0.1, -0.05) is 0 Å². The van der Waals surface area contributed by atoms with Crippen molar-refractivity contribution in [1.29, 1.82) is 0 Å². The van der Waals surface area contributed by atoms with E-state index in [1.807, 2.05) is 31.0 Å². The molecule has 3 aromatic rings. The second kappa shape index (κ2) is 4.81. The molecular formula is C13H16N6. The van der Waals surface area contributed by atoms with Gasteiger partial charge in [0.1, 0.15) is 0 Å². The molecule has 0 spiro atoms. The lowest BCUT2D eigenvalue weighted by atomic mass is 10.2. The van der Waals surface area contributed by atoms with Crippen LogP contribution in [0.2, 0.25) is 0 Å². The number of fused-ring (bicyclic) bond motifs is 1. The van der Waals surface area contributed by atoms with Gasteiger partial charge in [0.15, 0.2) is 5.65 Å². The molecule has 6 heteroatoms. The Kier molecular flexibility index (Phi) is 3.00. The highest BCUT2D eigenvalue weighted by atomic mass is 15.3. The minimum absolute atomic E-state index is 0.768. The van der Waals surface area contributed by atoms with Gasteiger partial charge in [-0.25, -0.2) is 9.97 Å². The fourth-order valence-electron chi connectivity index (χ4n) is 2.17. The number of nitrogens with zero attached hydrogens (tertiary/aromatic N) is 4. The Balaban J connectivity index is 1.73. The van der Waals surface area contributed by atoms with E-state index in [2.05, 4.69) is 31.4 Å². The summed E-state index contributed by atoms with van der Waals surface area (Å²) in [5, 5.41) is 8.84. The van der Waals surface area contributed by atoms with Gasteiger partial charge in [0, 0.05) is 43.6 Å². The van der Waals surface area contributed by atoms with Crippen molar-refractivity contribution in [2.75, 3.05) is 0 Å². The summed E-state index contributed by atoms with van der Waals surface area (Å²) in [5.74, 6) is 0. The van der Waals surface area contributed by atoms with Crippen LogP contribution in [0.5, 0.6) is 0 Å². The molecular weight excluding hydrogens is 240 g/mol. The average Bonchev–Trinajstić information content (AvgIpc) is 3.00. The van der Waals surface area contributed by atoms with Crippen LogP contribution in [0.4, 0.5) is 0 Å². The highest BCUT2D eigenvalue weighted by molar-refractivity contribution is 5.78. The van der Waals surface area contributed by atoms with E-state index in [-0.39, 0.29) is 0 Å². The molecule has 2 N–H and O–H groups in total. The third-order valence-electron chi connectivity index (χ3n) is 3.12. The number of imidazole rings is 1. The number of H-pyrrole nitrogens is 1. The molecule has 3 rings (SSSR count). The highest BCUT2D eigenvalue weighted by Crippen LogP contribution is 2.16. The summed E-state index contributed by atoms with van der Waals surface area (Å²) in [7, 11) is 1.92.